The van der Waals surface area contributed by atoms with Crippen LogP contribution in [0.15, 0.2) is 34.7 Å². The van der Waals surface area contributed by atoms with Gasteiger partial charge < -0.3 is 9.73 Å². The molecule has 0 aliphatic heterocycles. The number of aryl methyl sites for hydroxylation is 4. The van der Waals surface area contributed by atoms with E-state index in [4.69, 9.17) is 4.42 Å². The molecule has 1 heterocycles. The first-order valence-electron chi connectivity index (χ1n) is 7.45. The van der Waals surface area contributed by atoms with Crippen LogP contribution in [0.5, 0.6) is 0 Å². The SMILES string of the molecule is Cc1cc(C)c(NC(=O)c2oc3c(F)cccc3c2C)c(C)c1. The molecule has 1 amide bonds. The number of rotatable bonds is 2. The van der Waals surface area contributed by atoms with Crippen LogP contribution < -0.4 is 5.32 Å². The highest BCUT2D eigenvalue weighted by Crippen LogP contribution is 2.29. The molecular weight excluding hydrogens is 293 g/mol. The van der Waals surface area contributed by atoms with Crippen LogP contribution in [0, 0.1) is 33.5 Å². The zero-order valence-electron chi connectivity index (χ0n) is 13.6. The van der Waals surface area contributed by atoms with E-state index in [-0.39, 0.29) is 17.3 Å². The molecule has 1 aromatic heterocycles. The van der Waals surface area contributed by atoms with Crippen molar-refractivity contribution in [3.8, 4) is 0 Å². The van der Waals surface area contributed by atoms with Gasteiger partial charge in [-0.2, -0.15) is 0 Å². The topological polar surface area (TPSA) is 42.2 Å². The molecule has 118 valence electrons. The third-order valence-electron chi connectivity index (χ3n) is 4.04. The Morgan fingerprint density at radius 2 is 1.74 bits per heavy atom. The highest BCUT2D eigenvalue weighted by atomic mass is 19.1. The number of benzene rings is 2. The van der Waals surface area contributed by atoms with Gasteiger partial charge in [-0.05, 0) is 44.9 Å². The van der Waals surface area contributed by atoms with Gasteiger partial charge in [-0.3, -0.25) is 4.79 Å². The number of para-hydroxylation sites is 1. The molecule has 4 heteroatoms. The average Bonchev–Trinajstić information content (AvgIpc) is 2.82. The van der Waals surface area contributed by atoms with E-state index in [1.54, 1.807) is 19.1 Å². The third-order valence-corrected chi connectivity index (χ3v) is 4.04. The molecular formula is C19H18FNO2. The minimum Gasteiger partial charge on any atom is -0.448 e. The molecule has 0 unspecified atom stereocenters. The minimum absolute atomic E-state index is 0.118. The summed E-state index contributed by atoms with van der Waals surface area (Å²) in [5, 5.41) is 3.51. The van der Waals surface area contributed by atoms with Gasteiger partial charge in [-0.15, -0.1) is 0 Å². The van der Waals surface area contributed by atoms with Gasteiger partial charge in [0.25, 0.3) is 5.91 Å². The van der Waals surface area contributed by atoms with Crippen molar-refractivity contribution in [1.29, 1.82) is 0 Å². The number of nitrogens with one attached hydrogen (secondary N) is 1. The summed E-state index contributed by atoms with van der Waals surface area (Å²) < 4.78 is 19.3. The smallest absolute Gasteiger partial charge is 0.291 e. The summed E-state index contributed by atoms with van der Waals surface area (Å²) in [6, 6.07) is 8.69. The molecule has 3 aromatic rings. The number of halogens is 1. The zero-order valence-corrected chi connectivity index (χ0v) is 13.6. The van der Waals surface area contributed by atoms with Crippen LogP contribution in [-0.2, 0) is 0 Å². The van der Waals surface area contributed by atoms with Gasteiger partial charge in [0.05, 0.1) is 0 Å². The fourth-order valence-electron chi connectivity index (χ4n) is 2.97. The van der Waals surface area contributed by atoms with Crippen molar-refractivity contribution in [2.24, 2.45) is 0 Å². The molecule has 2 aromatic carbocycles. The van der Waals surface area contributed by atoms with E-state index in [0.29, 0.717) is 10.9 Å². The third kappa shape index (κ3) is 2.61. The van der Waals surface area contributed by atoms with Crippen molar-refractivity contribution in [2.75, 3.05) is 5.32 Å². The number of furan rings is 1. The Balaban J connectivity index is 2.02. The predicted molar refractivity (Wildman–Crippen MR) is 89.5 cm³/mol. The normalized spacial score (nSPS) is 11.0. The second-order valence-corrected chi connectivity index (χ2v) is 5.90. The van der Waals surface area contributed by atoms with E-state index in [9.17, 15) is 9.18 Å². The Hall–Kier alpha value is -2.62. The molecule has 0 fully saturated rings. The maximum atomic E-state index is 13.8. The van der Waals surface area contributed by atoms with E-state index in [1.165, 1.54) is 6.07 Å². The second kappa shape index (κ2) is 5.54. The van der Waals surface area contributed by atoms with E-state index in [0.717, 1.165) is 22.4 Å². The van der Waals surface area contributed by atoms with E-state index in [2.05, 4.69) is 5.32 Å². The summed E-state index contributed by atoms with van der Waals surface area (Å²) in [5.74, 6) is -0.690. The Kier molecular flexibility index (Phi) is 3.68. The first-order valence-corrected chi connectivity index (χ1v) is 7.45. The quantitative estimate of drug-likeness (QED) is 0.719. The summed E-state index contributed by atoms with van der Waals surface area (Å²) in [6.45, 7) is 7.66. The van der Waals surface area contributed by atoms with Crippen molar-refractivity contribution in [2.45, 2.75) is 27.7 Å². The molecule has 0 bridgehead atoms. The van der Waals surface area contributed by atoms with Gasteiger partial charge in [0.1, 0.15) is 0 Å². The fourth-order valence-corrected chi connectivity index (χ4v) is 2.97. The molecule has 3 nitrogen and oxygen atoms in total. The lowest BCUT2D eigenvalue weighted by molar-refractivity contribution is 0.0997. The lowest BCUT2D eigenvalue weighted by atomic mass is 10.0. The number of anilines is 1. The highest BCUT2D eigenvalue weighted by Gasteiger charge is 2.20. The van der Waals surface area contributed by atoms with Crippen LogP contribution in [0.2, 0.25) is 0 Å². The van der Waals surface area contributed by atoms with Crippen LogP contribution in [0.4, 0.5) is 10.1 Å². The van der Waals surface area contributed by atoms with Gasteiger partial charge in [0, 0.05) is 16.6 Å². The Morgan fingerprint density at radius 3 is 2.35 bits per heavy atom. The van der Waals surface area contributed by atoms with Crippen LogP contribution in [0.25, 0.3) is 11.0 Å². The van der Waals surface area contributed by atoms with Crippen molar-refractivity contribution in [3.63, 3.8) is 0 Å². The molecule has 0 aliphatic rings. The zero-order chi connectivity index (χ0) is 16.7. The fraction of sp³-hybridized carbons (Fsp3) is 0.211. The Bertz CT molecular complexity index is 902. The Morgan fingerprint density at radius 1 is 1.09 bits per heavy atom. The van der Waals surface area contributed by atoms with Crippen LogP contribution in [-0.4, -0.2) is 5.91 Å². The molecule has 0 saturated carbocycles. The first-order chi connectivity index (χ1) is 10.9. The van der Waals surface area contributed by atoms with Gasteiger partial charge in [-0.1, -0.05) is 29.8 Å². The average molecular weight is 311 g/mol. The Labute approximate surface area is 134 Å². The second-order valence-electron chi connectivity index (χ2n) is 5.90. The van der Waals surface area contributed by atoms with E-state index in [1.807, 2.05) is 32.9 Å². The van der Waals surface area contributed by atoms with Gasteiger partial charge in [0.2, 0.25) is 0 Å². The van der Waals surface area contributed by atoms with Crippen LogP contribution in [0.3, 0.4) is 0 Å². The number of hydrogen-bond donors (Lipinski definition) is 1. The predicted octanol–water partition coefficient (Wildman–Crippen LogP) is 5.06. The highest BCUT2D eigenvalue weighted by molar-refractivity contribution is 6.07. The summed E-state index contributed by atoms with van der Waals surface area (Å²) >= 11 is 0. The van der Waals surface area contributed by atoms with Gasteiger partial charge in [-0.25, -0.2) is 4.39 Å². The molecule has 1 N–H and O–H groups in total. The lowest BCUT2D eigenvalue weighted by Crippen LogP contribution is -2.14. The summed E-state index contributed by atoms with van der Waals surface area (Å²) in [5.41, 5.74) is 4.62. The molecule has 0 atom stereocenters. The van der Waals surface area contributed by atoms with Crippen molar-refractivity contribution in [1.82, 2.24) is 0 Å². The van der Waals surface area contributed by atoms with Crippen molar-refractivity contribution in [3.05, 3.63) is 64.2 Å². The standard InChI is InChI=1S/C19H18FNO2/c1-10-8-11(2)16(12(3)9-10)21-19(22)17-13(4)14-6-5-7-15(20)18(14)23-17/h5-9H,1-4H3,(H,21,22). The van der Waals surface area contributed by atoms with Crippen LogP contribution >= 0.6 is 0 Å². The maximum absolute atomic E-state index is 13.8. The molecule has 23 heavy (non-hydrogen) atoms. The number of carbonyl (C=O) groups excluding carboxylic acids is 1. The van der Waals surface area contributed by atoms with Crippen molar-refractivity contribution < 1.29 is 13.6 Å². The number of hydrogen-bond acceptors (Lipinski definition) is 2. The molecule has 3 rings (SSSR count). The molecule has 0 aliphatic carbocycles. The lowest BCUT2D eigenvalue weighted by Gasteiger charge is -2.12. The maximum Gasteiger partial charge on any atom is 0.291 e. The largest absolute Gasteiger partial charge is 0.448 e. The van der Waals surface area contributed by atoms with Crippen LogP contribution in [0.1, 0.15) is 32.8 Å². The summed E-state index contributed by atoms with van der Waals surface area (Å²) in [7, 11) is 0. The van der Waals surface area contributed by atoms with E-state index >= 15 is 0 Å². The summed E-state index contributed by atoms with van der Waals surface area (Å²) in [6.07, 6.45) is 0. The van der Waals surface area contributed by atoms with Gasteiger partial charge >= 0.3 is 0 Å². The number of fused-ring (bicyclic) bond motifs is 1. The molecule has 0 saturated heterocycles. The molecule has 0 radical (unpaired) electrons. The summed E-state index contributed by atoms with van der Waals surface area (Å²) in [4.78, 5) is 12.6. The number of carbonyl (C=O) groups is 1. The van der Waals surface area contributed by atoms with Gasteiger partial charge in [0.15, 0.2) is 17.2 Å². The van der Waals surface area contributed by atoms with Crippen molar-refractivity contribution >= 4 is 22.6 Å². The van der Waals surface area contributed by atoms with E-state index < -0.39 is 5.82 Å². The molecule has 0 spiro atoms. The monoisotopic (exact) mass is 311 g/mol. The first kappa shape index (κ1) is 15.3. The minimum atomic E-state index is -0.465. The number of amides is 1.